The number of ether oxygens (including phenoxy) is 4. The van der Waals surface area contributed by atoms with Gasteiger partial charge in [0.15, 0.2) is 11.5 Å². The number of carbonyl (C=O) groups is 2. The van der Waals surface area contributed by atoms with Gasteiger partial charge in [-0.3, -0.25) is 9.69 Å². The Morgan fingerprint density at radius 3 is 3.03 bits per heavy atom. The molecule has 3 aliphatic heterocycles. The number of fused-ring (bicyclic) bond motifs is 1. The number of rotatable bonds is 6. The molecule has 0 radical (unpaired) electrons. The first kappa shape index (κ1) is 19.8. The smallest absolute Gasteiger partial charge is 0.414 e. The van der Waals surface area contributed by atoms with E-state index in [1.54, 1.807) is 36.5 Å². The maximum atomic E-state index is 12.6. The van der Waals surface area contributed by atoms with Gasteiger partial charge in [0.2, 0.25) is 12.7 Å². The van der Waals surface area contributed by atoms with Gasteiger partial charge in [0.1, 0.15) is 12.2 Å². The Morgan fingerprint density at radius 1 is 1.26 bits per heavy atom. The number of anilines is 1. The highest BCUT2D eigenvalue weighted by Gasteiger charge is 2.33. The summed E-state index contributed by atoms with van der Waals surface area (Å²) in [6, 6.07) is 8.54. The van der Waals surface area contributed by atoms with E-state index in [0.29, 0.717) is 35.2 Å². The van der Waals surface area contributed by atoms with Crippen LogP contribution in [0, 0.1) is 0 Å². The Balaban J connectivity index is 1.17. The van der Waals surface area contributed by atoms with E-state index in [4.69, 9.17) is 18.9 Å². The van der Waals surface area contributed by atoms with E-state index < -0.39 is 12.2 Å². The van der Waals surface area contributed by atoms with E-state index in [1.807, 2.05) is 11.8 Å². The molecule has 2 fully saturated rings. The van der Waals surface area contributed by atoms with Gasteiger partial charge in [-0.25, -0.2) is 9.78 Å². The number of nitrogens with zero attached hydrogens (tertiary/aromatic N) is 2. The zero-order valence-electron chi connectivity index (χ0n) is 16.6. The molecule has 2 saturated heterocycles. The zero-order chi connectivity index (χ0) is 21.2. The first-order chi connectivity index (χ1) is 15.2. The second-order valence-electron chi connectivity index (χ2n) is 7.35. The largest absolute Gasteiger partial charge is 0.473 e. The van der Waals surface area contributed by atoms with Gasteiger partial charge in [-0.1, -0.05) is 0 Å². The Kier molecular flexibility index (Phi) is 5.46. The molecule has 4 heterocycles. The average molecular weight is 443 g/mol. The van der Waals surface area contributed by atoms with Crippen molar-refractivity contribution >= 4 is 29.4 Å². The molecular formula is C21H21N3O6S. The molecule has 10 heteroatoms. The van der Waals surface area contributed by atoms with Crippen LogP contribution in [0.3, 0.4) is 0 Å². The Labute approximate surface area is 183 Å². The Morgan fingerprint density at radius 2 is 2.16 bits per heavy atom. The van der Waals surface area contributed by atoms with Crippen molar-refractivity contribution in [3.8, 4) is 17.4 Å². The Bertz CT molecular complexity index is 997. The van der Waals surface area contributed by atoms with Crippen molar-refractivity contribution in [3.05, 3.63) is 42.1 Å². The summed E-state index contributed by atoms with van der Waals surface area (Å²) in [7, 11) is 0. The second-order valence-corrected chi connectivity index (χ2v) is 8.50. The molecule has 2 aromatic rings. The standard InChI is InChI=1S/C21H21N3O6S/c25-20(13-3-5-22-19(7-13)29-15-4-6-31-11-15)23-9-16-10-24(21(26)30-16)14-1-2-17-18(8-14)28-12-27-17/h1-3,5,7-8,15-16H,4,6,9-12H2,(H,23,25). The minimum absolute atomic E-state index is 0.135. The third-order valence-corrected chi connectivity index (χ3v) is 6.34. The molecule has 31 heavy (non-hydrogen) atoms. The number of carbonyl (C=O) groups excluding carboxylic acids is 2. The molecule has 162 valence electrons. The lowest BCUT2D eigenvalue weighted by Gasteiger charge is -2.14. The van der Waals surface area contributed by atoms with E-state index in [9.17, 15) is 9.59 Å². The lowest BCUT2D eigenvalue weighted by atomic mass is 10.2. The number of amides is 2. The number of thioether (sulfide) groups is 1. The van der Waals surface area contributed by atoms with Crippen molar-refractivity contribution in [1.82, 2.24) is 10.3 Å². The van der Waals surface area contributed by atoms with E-state index in [-0.39, 0.29) is 25.3 Å². The lowest BCUT2D eigenvalue weighted by molar-refractivity contribution is 0.0915. The highest BCUT2D eigenvalue weighted by Crippen LogP contribution is 2.36. The maximum Gasteiger partial charge on any atom is 0.414 e. The summed E-state index contributed by atoms with van der Waals surface area (Å²) in [6.45, 7) is 0.686. The average Bonchev–Trinajstić information content (AvgIpc) is 3.53. The molecule has 3 aliphatic rings. The predicted octanol–water partition coefficient (Wildman–Crippen LogP) is 2.45. The summed E-state index contributed by atoms with van der Waals surface area (Å²) in [5.41, 5.74) is 1.11. The van der Waals surface area contributed by atoms with Crippen molar-refractivity contribution < 1.29 is 28.5 Å². The summed E-state index contributed by atoms with van der Waals surface area (Å²) in [4.78, 5) is 30.6. The van der Waals surface area contributed by atoms with Crippen LogP contribution in [0.4, 0.5) is 10.5 Å². The van der Waals surface area contributed by atoms with Crippen molar-refractivity contribution in [2.75, 3.05) is 36.3 Å². The van der Waals surface area contributed by atoms with Crippen LogP contribution in [-0.2, 0) is 4.74 Å². The molecule has 9 nitrogen and oxygen atoms in total. The fourth-order valence-corrected chi connectivity index (χ4v) is 4.69. The molecule has 0 aliphatic carbocycles. The molecule has 2 atom stereocenters. The number of cyclic esters (lactones) is 1. The van der Waals surface area contributed by atoms with Crippen LogP contribution in [0.1, 0.15) is 16.8 Å². The number of hydrogen-bond acceptors (Lipinski definition) is 8. The van der Waals surface area contributed by atoms with Crippen molar-refractivity contribution in [3.63, 3.8) is 0 Å². The quantitative estimate of drug-likeness (QED) is 0.727. The van der Waals surface area contributed by atoms with Gasteiger partial charge in [-0.2, -0.15) is 11.8 Å². The summed E-state index contributed by atoms with van der Waals surface area (Å²) in [5, 5.41) is 2.82. The molecular weight excluding hydrogens is 422 g/mol. The van der Waals surface area contributed by atoms with E-state index in [1.165, 1.54) is 4.90 Å². The first-order valence-corrected chi connectivity index (χ1v) is 11.2. The van der Waals surface area contributed by atoms with Gasteiger partial charge in [-0.05, 0) is 30.4 Å². The molecule has 1 aromatic heterocycles. The predicted molar refractivity (Wildman–Crippen MR) is 113 cm³/mol. The summed E-state index contributed by atoms with van der Waals surface area (Å²) in [5.74, 6) is 3.42. The van der Waals surface area contributed by atoms with Crippen LogP contribution in [-0.4, -0.2) is 60.6 Å². The normalized spacial score (nSPS) is 21.8. The number of aromatic nitrogens is 1. The molecule has 2 amide bonds. The van der Waals surface area contributed by atoms with Gasteiger partial charge in [0.05, 0.1) is 18.8 Å². The fourth-order valence-electron chi connectivity index (χ4n) is 3.59. The van der Waals surface area contributed by atoms with Crippen molar-refractivity contribution in [2.24, 2.45) is 0 Å². The van der Waals surface area contributed by atoms with E-state index in [0.717, 1.165) is 17.9 Å². The molecule has 5 rings (SSSR count). The number of hydrogen-bond donors (Lipinski definition) is 1. The van der Waals surface area contributed by atoms with Crippen LogP contribution < -0.4 is 24.4 Å². The lowest BCUT2D eigenvalue weighted by Crippen LogP contribution is -2.34. The minimum Gasteiger partial charge on any atom is -0.473 e. The SMILES string of the molecule is O=C(NCC1CN(c2ccc3c(c2)OCO3)C(=O)O1)c1ccnc(OC2CCSC2)c1. The number of nitrogens with one attached hydrogen (secondary N) is 1. The van der Waals surface area contributed by atoms with Crippen LogP contribution in [0.15, 0.2) is 36.5 Å². The van der Waals surface area contributed by atoms with Crippen LogP contribution in [0.5, 0.6) is 17.4 Å². The summed E-state index contributed by atoms with van der Waals surface area (Å²) < 4.78 is 21.9. The zero-order valence-corrected chi connectivity index (χ0v) is 17.4. The van der Waals surface area contributed by atoms with Gasteiger partial charge in [0, 0.05) is 29.6 Å². The highest BCUT2D eigenvalue weighted by molar-refractivity contribution is 7.99. The van der Waals surface area contributed by atoms with Gasteiger partial charge >= 0.3 is 6.09 Å². The Hall–Kier alpha value is -3.14. The minimum atomic E-state index is -0.466. The first-order valence-electron chi connectivity index (χ1n) is 10.0. The van der Waals surface area contributed by atoms with E-state index in [2.05, 4.69) is 10.3 Å². The fraction of sp³-hybridized carbons (Fsp3) is 0.381. The summed E-state index contributed by atoms with van der Waals surface area (Å²) >= 11 is 1.85. The monoisotopic (exact) mass is 443 g/mol. The number of pyridine rings is 1. The van der Waals surface area contributed by atoms with Gasteiger partial charge < -0.3 is 24.3 Å². The van der Waals surface area contributed by atoms with Crippen molar-refractivity contribution in [2.45, 2.75) is 18.6 Å². The van der Waals surface area contributed by atoms with Crippen LogP contribution in [0.2, 0.25) is 0 Å². The third-order valence-electron chi connectivity index (χ3n) is 5.20. The van der Waals surface area contributed by atoms with Gasteiger partial charge in [-0.15, -0.1) is 0 Å². The summed E-state index contributed by atoms with van der Waals surface area (Å²) in [6.07, 6.45) is 1.75. The van der Waals surface area contributed by atoms with Crippen molar-refractivity contribution in [1.29, 1.82) is 0 Å². The van der Waals surface area contributed by atoms with Crippen LogP contribution in [0.25, 0.3) is 0 Å². The molecule has 2 unspecified atom stereocenters. The number of benzene rings is 1. The second kappa shape index (κ2) is 8.54. The van der Waals surface area contributed by atoms with Gasteiger partial charge in [0.25, 0.3) is 5.91 Å². The molecule has 1 N–H and O–H groups in total. The molecule has 0 spiro atoms. The maximum absolute atomic E-state index is 12.6. The third kappa shape index (κ3) is 4.34. The molecule has 0 bridgehead atoms. The highest BCUT2D eigenvalue weighted by atomic mass is 32.2. The van der Waals surface area contributed by atoms with Crippen LogP contribution >= 0.6 is 11.8 Å². The topological polar surface area (TPSA) is 99.2 Å². The molecule has 1 aromatic carbocycles. The molecule has 0 saturated carbocycles. The van der Waals surface area contributed by atoms with E-state index >= 15 is 0 Å².